The standard InChI is InChI=1S/C25H52N2O.C23H48N2O/c1-5-9-10-11-12-13-14-15-16-17-18-19-20-21-22-23-25(28)26-24(6-2)27(7-3)8-4;1-5-7-8-9-10-11-12-13-14-15-16-17-18-19-20-21-23(26)24-22(6-2)25(3)4/h24H,5-23H2,1-4H3,(H,26,28);22H,5-21H2,1-4H3,(H,24,26). The van der Waals surface area contributed by atoms with Crippen LogP contribution in [0.5, 0.6) is 0 Å². The maximum absolute atomic E-state index is 12.1. The summed E-state index contributed by atoms with van der Waals surface area (Å²) in [7, 11) is 4.03. The third kappa shape index (κ3) is 39.1. The van der Waals surface area contributed by atoms with Crippen molar-refractivity contribution in [1.29, 1.82) is 0 Å². The summed E-state index contributed by atoms with van der Waals surface area (Å²) in [5, 5.41) is 6.31. The van der Waals surface area contributed by atoms with Gasteiger partial charge in [-0.1, -0.05) is 221 Å². The fourth-order valence-corrected chi connectivity index (χ4v) is 7.54. The van der Waals surface area contributed by atoms with Crippen molar-refractivity contribution in [2.75, 3.05) is 27.2 Å². The Balaban J connectivity index is 0. The van der Waals surface area contributed by atoms with E-state index in [9.17, 15) is 9.59 Å². The van der Waals surface area contributed by atoms with Crippen molar-refractivity contribution in [3.05, 3.63) is 0 Å². The van der Waals surface area contributed by atoms with Gasteiger partial charge in [0.2, 0.25) is 11.8 Å². The average molecular weight is 765 g/mol. The van der Waals surface area contributed by atoms with E-state index in [2.05, 4.69) is 62.0 Å². The van der Waals surface area contributed by atoms with Gasteiger partial charge in [0.25, 0.3) is 0 Å². The number of unbranched alkanes of at least 4 members (excludes halogenated alkanes) is 28. The van der Waals surface area contributed by atoms with Crippen LogP contribution in [-0.4, -0.2) is 61.1 Å². The lowest BCUT2D eigenvalue weighted by atomic mass is 10.0. The van der Waals surface area contributed by atoms with E-state index in [0.29, 0.717) is 12.8 Å². The van der Waals surface area contributed by atoms with Crippen LogP contribution in [0.1, 0.15) is 260 Å². The summed E-state index contributed by atoms with van der Waals surface area (Å²) in [5.74, 6) is 0.439. The van der Waals surface area contributed by atoms with Crippen molar-refractivity contribution in [2.24, 2.45) is 0 Å². The van der Waals surface area contributed by atoms with E-state index in [1.54, 1.807) is 0 Å². The molecule has 0 radical (unpaired) electrons. The molecule has 0 rings (SSSR count). The second-order valence-corrected chi connectivity index (χ2v) is 16.6. The molecular weight excluding hydrogens is 665 g/mol. The maximum atomic E-state index is 12.1. The van der Waals surface area contributed by atoms with Crippen LogP contribution in [-0.2, 0) is 9.59 Å². The molecule has 2 atom stereocenters. The first kappa shape index (κ1) is 55.0. The Labute approximate surface area is 340 Å². The van der Waals surface area contributed by atoms with Gasteiger partial charge < -0.3 is 10.6 Å². The van der Waals surface area contributed by atoms with Crippen LogP contribution in [0.4, 0.5) is 0 Å². The summed E-state index contributed by atoms with van der Waals surface area (Å²) in [4.78, 5) is 28.5. The molecule has 0 aliphatic heterocycles. The van der Waals surface area contributed by atoms with Crippen LogP contribution in [0.15, 0.2) is 0 Å². The highest BCUT2D eigenvalue weighted by atomic mass is 16.2. The Morgan fingerprint density at radius 1 is 0.370 bits per heavy atom. The molecule has 0 saturated heterocycles. The summed E-state index contributed by atoms with van der Waals surface area (Å²) in [5.41, 5.74) is 0. The molecule has 6 heteroatoms. The predicted octanol–water partition coefficient (Wildman–Crippen LogP) is 14.1. The Morgan fingerprint density at radius 2 is 0.611 bits per heavy atom. The van der Waals surface area contributed by atoms with Gasteiger partial charge >= 0.3 is 0 Å². The van der Waals surface area contributed by atoms with Gasteiger partial charge in [-0.15, -0.1) is 0 Å². The Bertz CT molecular complexity index is 757. The Hall–Kier alpha value is -1.14. The van der Waals surface area contributed by atoms with Crippen molar-refractivity contribution >= 4 is 11.8 Å². The van der Waals surface area contributed by atoms with Crippen molar-refractivity contribution < 1.29 is 9.59 Å². The lowest BCUT2D eigenvalue weighted by molar-refractivity contribution is -0.124. The molecule has 0 aromatic rings. The number of rotatable bonds is 40. The van der Waals surface area contributed by atoms with Crippen LogP contribution in [0.3, 0.4) is 0 Å². The highest BCUT2D eigenvalue weighted by Gasteiger charge is 2.15. The summed E-state index contributed by atoms with van der Waals surface area (Å²) in [6.45, 7) is 15.1. The fourth-order valence-electron chi connectivity index (χ4n) is 7.54. The van der Waals surface area contributed by atoms with Crippen molar-refractivity contribution in [3.8, 4) is 0 Å². The Kier molecular flexibility index (Phi) is 45.4. The molecule has 0 heterocycles. The quantitative estimate of drug-likeness (QED) is 0.0482. The van der Waals surface area contributed by atoms with E-state index in [0.717, 1.165) is 38.8 Å². The third-order valence-corrected chi connectivity index (χ3v) is 11.3. The highest BCUT2D eigenvalue weighted by molar-refractivity contribution is 5.76. The van der Waals surface area contributed by atoms with Crippen LogP contribution in [0, 0.1) is 0 Å². The molecule has 324 valence electrons. The Morgan fingerprint density at radius 3 is 0.833 bits per heavy atom. The first-order valence-electron chi connectivity index (χ1n) is 24.3. The molecule has 0 aliphatic carbocycles. The summed E-state index contributed by atoms with van der Waals surface area (Å²) in [6, 6.07) is 0. The van der Waals surface area contributed by atoms with E-state index in [1.165, 1.54) is 180 Å². The summed E-state index contributed by atoms with van der Waals surface area (Å²) in [6.07, 6.45) is 44.6. The average Bonchev–Trinajstić information content (AvgIpc) is 3.17. The molecule has 0 fully saturated rings. The second-order valence-electron chi connectivity index (χ2n) is 16.6. The highest BCUT2D eigenvalue weighted by Crippen LogP contribution is 2.15. The molecular formula is C48H100N4O2. The van der Waals surface area contributed by atoms with Crippen molar-refractivity contribution in [1.82, 2.24) is 20.4 Å². The SMILES string of the molecule is CCCCCCCCCCCCCCCCCC(=O)NC(CC)N(C)C.CCCCCCCCCCCCCCCCCC(=O)NC(CC)N(CC)CC. The first-order valence-corrected chi connectivity index (χ1v) is 24.3. The van der Waals surface area contributed by atoms with E-state index < -0.39 is 0 Å². The molecule has 0 bridgehead atoms. The number of hydrogen-bond donors (Lipinski definition) is 2. The predicted molar refractivity (Wildman–Crippen MR) is 240 cm³/mol. The summed E-state index contributed by atoms with van der Waals surface area (Å²) < 4.78 is 0. The lowest BCUT2D eigenvalue weighted by Crippen LogP contribution is -2.47. The van der Waals surface area contributed by atoms with E-state index in [4.69, 9.17) is 0 Å². The minimum atomic E-state index is 0.179. The number of nitrogens with one attached hydrogen (secondary N) is 2. The first-order chi connectivity index (χ1) is 26.3. The smallest absolute Gasteiger partial charge is 0.221 e. The van der Waals surface area contributed by atoms with E-state index in [1.807, 2.05) is 14.1 Å². The van der Waals surface area contributed by atoms with E-state index >= 15 is 0 Å². The minimum Gasteiger partial charge on any atom is -0.341 e. The minimum absolute atomic E-state index is 0.179. The topological polar surface area (TPSA) is 64.7 Å². The molecule has 6 nitrogen and oxygen atoms in total. The molecule has 54 heavy (non-hydrogen) atoms. The van der Waals surface area contributed by atoms with E-state index in [-0.39, 0.29) is 24.1 Å². The molecule has 2 N–H and O–H groups in total. The third-order valence-electron chi connectivity index (χ3n) is 11.3. The molecule has 0 saturated carbocycles. The van der Waals surface area contributed by atoms with Crippen LogP contribution < -0.4 is 10.6 Å². The number of amides is 2. The van der Waals surface area contributed by atoms with Gasteiger partial charge in [-0.3, -0.25) is 19.4 Å². The van der Waals surface area contributed by atoms with Crippen molar-refractivity contribution in [2.45, 2.75) is 272 Å². The number of nitrogens with zero attached hydrogens (tertiary/aromatic N) is 2. The van der Waals surface area contributed by atoms with Crippen LogP contribution in [0.2, 0.25) is 0 Å². The molecule has 0 spiro atoms. The largest absolute Gasteiger partial charge is 0.341 e. The second kappa shape index (κ2) is 44.6. The van der Waals surface area contributed by atoms with Crippen molar-refractivity contribution in [3.63, 3.8) is 0 Å². The molecule has 0 aliphatic rings. The van der Waals surface area contributed by atoms with Gasteiger partial charge in [-0.05, 0) is 52.9 Å². The van der Waals surface area contributed by atoms with Crippen LogP contribution in [0.25, 0.3) is 0 Å². The fraction of sp³-hybridized carbons (Fsp3) is 0.958. The number of carbonyl (C=O) groups excluding carboxylic acids is 2. The van der Waals surface area contributed by atoms with Gasteiger partial charge in [0.05, 0.1) is 12.3 Å². The van der Waals surface area contributed by atoms with Gasteiger partial charge in [-0.25, -0.2) is 0 Å². The molecule has 2 unspecified atom stereocenters. The van der Waals surface area contributed by atoms with Gasteiger partial charge in [0, 0.05) is 12.8 Å². The molecule has 0 aromatic heterocycles. The zero-order valence-electron chi connectivity index (χ0n) is 38.3. The normalized spacial score (nSPS) is 12.5. The lowest BCUT2D eigenvalue weighted by Gasteiger charge is -2.29. The number of carbonyl (C=O) groups is 2. The zero-order chi connectivity index (χ0) is 40.3. The van der Waals surface area contributed by atoms with Gasteiger partial charge in [-0.2, -0.15) is 0 Å². The maximum Gasteiger partial charge on any atom is 0.221 e. The van der Waals surface area contributed by atoms with Gasteiger partial charge in [0.15, 0.2) is 0 Å². The van der Waals surface area contributed by atoms with Crippen LogP contribution >= 0.6 is 0 Å². The molecule has 2 amide bonds. The number of hydrogen-bond acceptors (Lipinski definition) is 4. The summed E-state index contributed by atoms with van der Waals surface area (Å²) >= 11 is 0. The monoisotopic (exact) mass is 765 g/mol. The van der Waals surface area contributed by atoms with Gasteiger partial charge in [0.1, 0.15) is 0 Å². The molecule has 0 aromatic carbocycles. The zero-order valence-corrected chi connectivity index (χ0v) is 38.3.